The van der Waals surface area contributed by atoms with E-state index in [0.717, 1.165) is 25.2 Å². The summed E-state index contributed by atoms with van der Waals surface area (Å²) in [6.07, 6.45) is 3.35. The Kier molecular flexibility index (Phi) is 11.5. The first-order valence-electron chi connectivity index (χ1n) is 14.6. The minimum atomic E-state index is -4.62. The van der Waals surface area contributed by atoms with Gasteiger partial charge in [-0.05, 0) is 55.7 Å². The average molecular weight is 607 g/mol. The van der Waals surface area contributed by atoms with Gasteiger partial charge in [0, 0.05) is 30.6 Å². The van der Waals surface area contributed by atoms with E-state index in [1.807, 2.05) is 0 Å². The predicted octanol–water partition coefficient (Wildman–Crippen LogP) is 8.76. The van der Waals surface area contributed by atoms with Crippen LogP contribution in [0, 0.1) is 40.9 Å². The molecule has 2 fully saturated rings. The largest absolute Gasteiger partial charge is 0.432 e. The lowest BCUT2D eigenvalue weighted by molar-refractivity contribution is -0.234. The van der Waals surface area contributed by atoms with Gasteiger partial charge in [0.05, 0.1) is 19.8 Å². The van der Waals surface area contributed by atoms with Gasteiger partial charge in [0.2, 0.25) is 0 Å². The molecule has 4 rings (SSSR count). The molecule has 1 saturated carbocycles. The fraction of sp³-hybridized carbons (Fsp3) is 0.613. The van der Waals surface area contributed by atoms with Crippen molar-refractivity contribution in [1.82, 2.24) is 0 Å². The highest BCUT2D eigenvalue weighted by molar-refractivity contribution is 5.33. The van der Waals surface area contributed by atoms with Gasteiger partial charge in [-0.1, -0.05) is 32.6 Å². The second kappa shape index (κ2) is 14.9. The summed E-state index contributed by atoms with van der Waals surface area (Å²) >= 11 is 0. The molecular weight excluding hydrogens is 569 g/mol. The van der Waals surface area contributed by atoms with Crippen LogP contribution in [0.25, 0.3) is 0 Å². The van der Waals surface area contributed by atoms with Crippen LogP contribution >= 0.6 is 0 Å². The quantitative estimate of drug-likeness (QED) is 0.130. The Bertz CT molecular complexity index is 1120. The van der Waals surface area contributed by atoms with Crippen molar-refractivity contribution in [3.8, 4) is 5.75 Å². The lowest BCUT2D eigenvalue weighted by Gasteiger charge is -2.37. The Labute approximate surface area is 241 Å². The fourth-order valence-electron chi connectivity index (χ4n) is 5.61. The van der Waals surface area contributed by atoms with Crippen molar-refractivity contribution < 1.29 is 49.7 Å². The Hall–Kier alpha value is -2.37. The molecule has 0 radical (unpaired) electrons. The predicted molar refractivity (Wildman–Crippen MR) is 141 cm³/mol. The lowest BCUT2D eigenvalue weighted by atomic mass is 9.78. The smallest absolute Gasteiger partial charge is 0.429 e. The van der Waals surface area contributed by atoms with Crippen LogP contribution in [0.3, 0.4) is 0 Å². The van der Waals surface area contributed by atoms with Crippen molar-refractivity contribution in [3.63, 3.8) is 0 Å². The van der Waals surface area contributed by atoms with Crippen LogP contribution < -0.4 is 4.74 Å². The maximum Gasteiger partial charge on any atom is 0.432 e. The maximum atomic E-state index is 14.8. The number of hydrogen-bond acceptors (Lipinski definition) is 4. The second-order valence-electron chi connectivity index (χ2n) is 11.2. The first-order valence-corrected chi connectivity index (χ1v) is 14.6. The van der Waals surface area contributed by atoms with Crippen LogP contribution in [0.4, 0.5) is 30.7 Å². The molecule has 0 spiro atoms. The molecule has 2 aliphatic rings. The van der Waals surface area contributed by atoms with E-state index in [1.165, 1.54) is 25.7 Å². The highest BCUT2D eigenvalue weighted by atomic mass is 19.3. The van der Waals surface area contributed by atoms with Crippen LogP contribution in [-0.4, -0.2) is 32.7 Å². The topological polar surface area (TPSA) is 36.9 Å². The van der Waals surface area contributed by atoms with Crippen molar-refractivity contribution in [1.29, 1.82) is 0 Å². The third kappa shape index (κ3) is 8.38. The van der Waals surface area contributed by atoms with Gasteiger partial charge in [0.15, 0.2) is 23.7 Å². The lowest BCUT2D eigenvalue weighted by Crippen LogP contribution is -2.39. The van der Waals surface area contributed by atoms with Crippen molar-refractivity contribution in [3.05, 3.63) is 64.5 Å². The number of hydrogen-bond donors (Lipinski definition) is 0. The van der Waals surface area contributed by atoms with E-state index in [1.54, 1.807) is 0 Å². The van der Waals surface area contributed by atoms with Crippen LogP contribution in [0.15, 0.2) is 24.3 Å². The van der Waals surface area contributed by atoms with Crippen molar-refractivity contribution in [2.45, 2.75) is 83.0 Å². The van der Waals surface area contributed by atoms with Crippen LogP contribution in [-0.2, 0) is 20.3 Å². The van der Waals surface area contributed by atoms with Gasteiger partial charge in [-0.3, -0.25) is 0 Å². The summed E-state index contributed by atoms with van der Waals surface area (Å²) in [4.78, 5) is 0. The zero-order valence-electron chi connectivity index (χ0n) is 23.6. The molecule has 42 heavy (non-hydrogen) atoms. The van der Waals surface area contributed by atoms with Gasteiger partial charge in [-0.25, -0.2) is 22.0 Å². The molecule has 2 aromatic rings. The highest BCUT2D eigenvalue weighted by Crippen LogP contribution is 2.42. The summed E-state index contributed by atoms with van der Waals surface area (Å²) in [5.41, 5.74) is -1.48. The number of alkyl halides is 2. The SMILES string of the molecule is CCCCCCCOCC1COC(C2CCC(c3cc(F)c(C(F)(F)Oc4cc(F)c(F)c(F)c4)c(F)c3)CC2)OC1. The van der Waals surface area contributed by atoms with E-state index < -0.39 is 46.5 Å². The number of halogens is 7. The number of benzene rings is 2. The summed E-state index contributed by atoms with van der Waals surface area (Å²) in [6.45, 7) is 4.56. The normalized spacial score (nSPS) is 23.2. The number of ether oxygens (including phenoxy) is 4. The second-order valence-corrected chi connectivity index (χ2v) is 11.2. The van der Waals surface area contributed by atoms with Gasteiger partial charge >= 0.3 is 6.11 Å². The Morgan fingerprint density at radius 3 is 1.98 bits per heavy atom. The van der Waals surface area contributed by atoms with Gasteiger partial charge in [-0.15, -0.1) is 0 Å². The number of unbranched alkanes of at least 4 members (excludes halogenated alkanes) is 4. The molecule has 1 aliphatic heterocycles. The highest BCUT2D eigenvalue weighted by Gasteiger charge is 2.42. The van der Waals surface area contributed by atoms with E-state index in [9.17, 15) is 30.7 Å². The van der Waals surface area contributed by atoms with Gasteiger partial charge in [0.25, 0.3) is 0 Å². The summed E-state index contributed by atoms with van der Waals surface area (Å²) in [5.74, 6) is -9.70. The van der Waals surface area contributed by atoms with Gasteiger partial charge in [-0.2, -0.15) is 8.78 Å². The Morgan fingerprint density at radius 1 is 0.786 bits per heavy atom. The molecular formula is C31H37F7O4. The molecule has 1 aliphatic carbocycles. The molecule has 4 nitrogen and oxygen atoms in total. The molecule has 11 heteroatoms. The average Bonchev–Trinajstić information content (AvgIpc) is 2.95. The third-order valence-corrected chi connectivity index (χ3v) is 7.93. The molecule has 0 bridgehead atoms. The minimum absolute atomic E-state index is 0.102. The first-order chi connectivity index (χ1) is 20.1. The van der Waals surface area contributed by atoms with E-state index in [2.05, 4.69) is 11.7 Å². The van der Waals surface area contributed by atoms with E-state index in [4.69, 9.17) is 14.2 Å². The summed E-state index contributed by atoms with van der Waals surface area (Å²) < 4.78 is 121. The van der Waals surface area contributed by atoms with Crippen LogP contribution in [0.2, 0.25) is 0 Å². The zero-order valence-corrected chi connectivity index (χ0v) is 23.6. The van der Waals surface area contributed by atoms with Crippen molar-refractivity contribution >= 4 is 0 Å². The van der Waals surface area contributed by atoms with Crippen molar-refractivity contribution in [2.75, 3.05) is 26.4 Å². The van der Waals surface area contributed by atoms with Crippen molar-refractivity contribution in [2.24, 2.45) is 11.8 Å². The Balaban J connectivity index is 1.26. The molecule has 0 N–H and O–H groups in total. The first kappa shape index (κ1) is 32.5. The molecule has 1 heterocycles. The fourth-order valence-corrected chi connectivity index (χ4v) is 5.61. The number of rotatable bonds is 13. The molecule has 0 amide bonds. The molecule has 234 valence electrons. The third-order valence-electron chi connectivity index (χ3n) is 7.93. The van der Waals surface area contributed by atoms with Gasteiger partial charge < -0.3 is 18.9 Å². The molecule has 0 aromatic heterocycles. The van der Waals surface area contributed by atoms with E-state index in [0.29, 0.717) is 45.5 Å². The summed E-state index contributed by atoms with van der Waals surface area (Å²) in [7, 11) is 0. The minimum Gasteiger partial charge on any atom is -0.429 e. The zero-order chi connectivity index (χ0) is 30.3. The molecule has 2 aromatic carbocycles. The van der Waals surface area contributed by atoms with Crippen LogP contribution in [0.5, 0.6) is 5.75 Å². The van der Waals surface area contributed by atoms with Crippen LogP contribution in [0.1, 0.15) is 81.8 Å². The van der Waals surface area contributed by atoms with E-state index >= 15 is 0 Å². The molecule has 1 saturated heterocycles. The standard InChI is InChI=1S/C31H37F7O4/c1-2-3-4-5-6-11-39-16-19-17-40-30(41-18-19)21-9-7-20(8-10-21)22-12-24(32)28(25(33)13-22)31(37,38)42-23-14-26(34)29(36)27(35)15-23/h12-15,19-21,30H,2-11,16-18H2,1H3. The molecule has 0 atom stereocenters. The van der Waals surface area contributed by atoms with Gasteiger partial charge in [0.1, 0.15) is 22.9 Å². The Morgan fingerprint density at radius 2 is 1.38 bits per heavy atom. The van der Waals surface area contributed by atoms with E-state index in [-0.39, 0.29) is 41.7 Å². The monoisotopic (exact) mass is 606 g/mol. The maximum absolute atomic E-state index is 14.8. The molecule has 0 unspecified atom stereocenters. The summed E-state index contributed by atoms with van der Waals surface area (Å²) in [6, 6.07) is 1.99. The summed E-state index contributed by atoms with van der Waals surface area (Å²) in [5, 5.41) is 0.